The first kappa shape index (κ1) is 14.1. The largest absolute Gasteiger partial charge is 0.370 e. The van der Waals surface area contributed by atoms with E-state index >= 15 is 0 Å². The number of thioether (sulfide) groups is 1. The van der Waals surface area contributed by atoms with Gasteiger partial charge in [0.15, 0.2) is 0 Å². The summed E-state index contributed by atoms with van der Waals surface area (Å²) in [5, 5.41) is 7.18. The van der Waals surface area contributed by atoms with Gasteiger partial charge in [0.25, 0.3) is 0 Å². The molecule has 1 unspecified atom stereocenters. The lowest BCUT2D eigenvalue weighted by molar-refractivity contribution is 0.848. The summed E-state index contributed by atoms with van der Waals surface area (Å²) in [5.41, 5.74) is 0. The molecule has 0 spiro atoms. The molecule has 1 aromatic heterocycles. The smallest absolute Gasteiger partial charge is 0.224 e. The van der Waals surface area contributed by atoms with Crippen LogP contribution in [0.5, 0.6) is 0 Å². The minimum absolute atomic E-state index is 0.682. The Morgan fingerprint density at radius 1 is 1.35 bits per heavy atom. The molecule has 0 aliphatic carbocycles. The van der Waals surface area contributed by atoms with E-state index in [1.165, 1.54) is 0 Å². The predicted molar refractivity (Wildman–Crippen MR) is 76.9 cm³/mol. The van der Waals surface area contributed by atoms with Gasteiger partial charge in [0.1, 0.15) is 5.82 Å². The number of rotatable bonds is 8. The molecule has 0 aliphatic heterocycles. The highest BCUT2D eigenvalue weighted by Crippen LogP contribution is 2.10. The lowest BCUT2D eigenvalue weighted by atomic mass is 10.3. The van der Waals surface area contributed by atoms with Gasteiger partial charge < -0.3 is 10.6 Å². The van der Waals surface area contributed by atoms with Crippen molar-refractivity contribution >= 4 is 23.5 Å². The quantitative estimate of drug-likeness (QED) is 0.747. The summed E-state index contributed by atoms with van der Waals surface area (Å²) in [5.74, 6) is 1.60. The van der Waals surface area contributed by atoms with Gasteiger partial charge >= 0.3 is 0 Å². The van der Waals surface area contributed by atoms with E-state index in [1.807, 2.05) is 17.8 Å². The van der Waals surface area contributed by atoms with Gasteiger partial charge in [0.2, 0.25) is 5.95 Å². The molecular formula is C12H22N4S. The molecule has 1 heterocycles. The highest BCUT2D eigenvalue weighted by Gasteiger charge is 2.00. The molecule has 1 aromatic rings. The third-order valence-corrected chi connectivity index (χ3v) is 3.49. The molecule has 2 N–H and O–H groups in total. The SMILES string of the molecule is CCCNc1nccc(NCCC(C)SC)n1. The molecule has 0 saturated heterocycles. The van der Waals surface area contributed by atoms with E-state index in [0.29, 0.717) is 11.2 Å². The molecule has 17 heavy (non-hydrogen) atoms. The van der Waals surface area contributed by atoms with Gasteiger partial charge in [0.05, 0.1) is 0 Å². The Kier molecular flexibility index (Phi) is 6.77. The summed E-state index contributed by atoms with van der Waals surface area (Å²) < 4.78 is 0. The van der Waals surface area contributed by atoms with Gasteiger partial charge in [-0.05, 0) is 25.2 Å². The third-order valence-electron chi connectivity index (χ3n) is 2.45. The van der Waals surface area contributed by atoms with Crippen molar-refractivity contribution in [3.63, 3.8) is 0 Å². The first-order chi connectivity index (χ1) is 8.26. The molecule has 0 aliphatic rings. The van der Waals surface area contributed by atoms with Crippen LogP contribution in [0.4, 0.5) is 11.8 Å². The van der Waals surface area contributed by atoms with Crippen LogP contribution in [0.1, 0.15) is 26.7 Å². The van der Waals surface area contributed by atoms with Crippen LogP contribution < -0.4 is 10.6 Å². The minimum atomic E-state index is 0.682. The summed E-state index contributed by atoms with van der Waals surface area (Å²) in [6.07, 6.45) is 6.14. The fourth-order valence-electron chi connectivity index (χ4n) is 1.30. The van der Waals surface area contributed by atoms with Gasteiger partial charge in [0, 0.05) is 24.5 Å². The third kappa shape index (κ3) is 5.77. The van der Waals surface area contributed by atoms with Crippen molar-refractivity contribution < 1.29 is 0 Å². The molecule has 1 atom stereocenters. The van der Waals surface area contributed by atoms with Crippen molar-refractivity contribution in [2.24, 2.45) is 0 Å². The van der Waals surface area contributed by atoms with Crippen LogP contribution in [0.25, 0.3) is 0 Å². The van der Waals surface area contributed by atoms with Crippen LogP contribution >= 0.6 is 11.8 Å². The van der Waals surface area contributed by atoms with Crippen LogP contribution in [0, 0.1) is 0 Å². The number of aromatic nitrogens is 2. The maximum Gasteiger partial charge on any atom is 0.224 e. The normalized spacial score (nSPS) is 12.2. The molecule has 0 aromatic carbocycles. The van der Waals surface area contributed by atoms with E-state index in [4.69, 9.17) is 0 Å². The van der Waals surface area contributed by atoms with E-state index in [9.17, 15) is 0 Å². The van der Waals surface area contributed by atoms with Crippen LogP contribution in [0.2, 0.25) is 0 Å². The molecule has 0 amide bonds. The number of hydrogen-bond acceptors (Lipinski definition) is 5. The molecular weight excluding hydrogens is 232 g/mol. The number of nitrogens with one attached hydrogen (secondary N) is 2. The fraction of sp³-hybridized carbons (Fsp3) is 0.667. The summed E-state index contributed by atoms with van der Waals surface area (Å²) >= 11 is 1.89. The van der Waals surface area contributed by atoms with Crippen molar-refractivity contribution in [1.29, 1.82) is 0 Å². The van der Waals surface area contributed by atoms with Crippen molar-refractivity contribution in [2.45, 2.75) is 31.9 Å². The van der Waals surface area contributed by atoms with Gasteiger partial charge in [-0.2, -0.15) is 16.7 Å². The molecule has 5 heteroatoms. The zero-order valence-corrected chi connectivity index (χ0v) is 11.7. The number of anilines is 2. The van der Waals surface area contributed by atoms with E-state index in [0.717, 1.165) is 31.7 Å². The zero-order chi connectivity index (χ0) is 12.5. The van der Waals surface area contributed by atoms with Crippen LogP contribution in [0.3, 0.4) is 0 Å². The van der Waals surface area contributed by atoms with Crippen molar-refractivity contribution in [3.05, 3.63) is 12.3 Å². The van der Waals surface area contributed by atoms with Crippen molar-refractivity contribution in [1.82, 2.24) is 9.97 Å². The Morgan fingerprint density at radius 3 is 2.88 bits per heavy atom. The predicted octanol–water partition coefficient (Wildman–Crippen LogP) is 2.85. The first-order valence-corrected chi connectivity index (χ1v) is 7.38. The van der Waals surface area contributed by atoms with Crippen LogP contribution in [-0.4, -0.2) is 34.6 Å². The average Bonchev–Trinajstić information content (AvgIpc) is 2.36. The summed E-state index contributed by atoms with van der Waals surface area (Å²) in [4.78, 5) is 8.56. The highest BCUT2D eigenvalue weighted by atomic mass is 32.2. The molecule has 96 valence electrons. The second-order valence-corrected chi connectivity index (χ2v) is 5.23. The van der Waals surface area contributed by atoms with Crippen molar-refractivity contribution in [3.8, 4) is 0 Å². The van der Waals surface area contributed by atoms with E-state index in [2.05, 4.69) is 40.7 Å². The molecule has 0 fully saturated rings. The second kappa shape index (κ2) is 8.17. The lowest BCUT2D eigenvalue weighted by Gasteiger charge is -2.10. The average molecular weight is 254 g/mol. The fourth-order valence-corrected chi connectivity index (χ4v) is 1.65. The maximum absolute atomic E-state index is 4.39. The summed E-state index contributed by atoms with van der Waals surface area (Å²) in [6.45, 7) is 6.22. The second-order valence-electron chi connectivity index (χ2n) is 3.95. The Balaban J connectivity index is 2.37. The highest BCUT2D eigenvalue weighted by molar-refractivity contribution is 7.99. The number of nitrogens with zero attached hydrogens (tertiary/aromatic N) is 2. The van der Waals surface area contributed by atoms with Gasteiger partial charge in [-0.25, -0.2) is 4.98 Å². The van der Waals surface area contributed by atoms with Crippen LogP contribution in [0.15, 0.2) is 12.3 Å². The monoisotopic (exact) mass is 254 g/mol. The lowest BCUT2D eigenvalue weighted by Crippen LogP contribution is -2.10. The van der Waals surface area contributed by atoms with E-state index < -0.39 is 0 Å². The van der Waals surface area contributed by atoms with Crippen molar-refractivity contribution in [2.75, 3.05) is 30.0 Å². The molecule has 0 radical (unpaired) electrons. The minimum Gasteiger partial charge on any atom is -0.370 e. The van der Waals surface area contributed by atoms with E-state index in [-0.39, 0.29) is 0 Å². The number of hydrogen-bond donors (Lipinski definition) is 2. The standard InChI is InChI=1S/C12H22N4S/c1-4-7-14-12-15-9-6-11(16-12)13-8-5-10(2)17-3/h6,9-10H,4-5,7-8H2,1-3H3,(H2,13,14,15,16). The molecule has 4 nitrogen and oxygen atoms in total. The Labute approximate surface area is 108 Å². The Morgan fingerprint density at radius 2 is 2.18 bits per heavy atom. The summed E-state index contributed by atoms with van der Waals surface area (Å²) in [6, 6.07) is 1.90. The first-order valence-electron chi connectivity index (χ1n) is 6.09. The van der Waals surface area contributed by atoms with E-state index in [1.54, 1.807) is 6.20 Å². The van der Waals surface area contributed by atoms with Crippen LogP contribution in [-0.2, 0) is 0 Å². The van der Waals surface area contributed by atoms with Gasteiger partial charge in [-0.3, -0.25) is 0 Å². The Hall–Kier alpha value is -0.970. The zero-order valence-electron chi connectivity index (χ0n) is 10.9. The topological polar surface area (TPSA) is 49.8 Å². The van der Waals surface area contributed by atoms with Gasteiger partial charge in [-0.15, -0.1) is 0 Å². The molecule has 0 saturated carbocycles. The Bertz CT molecular complexity index is 319. The molecule has 1 rings (SSSR count). The van der Waals surface area contributed by atoms with Gasteiger partial charge in [-0.1, -0.05) is 13.8 Å². The maximum atomic E-state index is 4.39. The summed E-state index contributed by atoms with van der Waals surface area (Å²) in [7, 11) is 0. The molecule has 0 bridgehead atoms.